The smallest absolute Gasteiger partial charge is 0.305 e. The van der Waals surface area contributed by atoms with Crippen LogP contribution < -0.4 is 15.5 Å². The molecule has 9 heteroatoms. The van der Waals surface area contributed by atoms with Gasteiger partial charge in [0.1, 0.15) is 17.0 Å². The largest absolute Gasteiger partial charge is 0.352 e. The van der Waals surface area contributed by atoms with E-state index in [2.05, 4.69) is 25.6 Å². The van der Waals surface area contributed by atoms with Crippen LogP contribution in [0.1, 0.15) is 22.4 Å². The molecule has 3 heterocycles. The lowest BCUT2D eigenvalue weighted by Gasteiger charge is -2.22. The number of carbonyl (C=O) groups excluding carboxylic acids is 1. The van der Waals surface area contributed by atoms with Gasteiger partial charge < -0.3 is 15.6 Å². The quantitative estimate of drug-likeness (QED) is 0.332. The molecule has 0 saturated carbocycles. The standard InChI is InChI=1S/C25H21N5O2S2/c31-23(26-12-14-4-2-1-3-5-14)15-6-8-17-19(10-15)33-24-21(17)22(27-13-28-24)29-16-7-9-18-20(11-16)34-25(32)30-18/h1-5,7,9,11,13,15H,6,8,10,12H2,(H,26,31)(H,30,32)(H,27,28,29). The second kappa shape index (κ2) is 8.66. The summed E-state index contributed by atoms with van der Waals surface area (Å²) in [5.41, 5.74) is 4.04. The highest BCUT2D eigenvalue weighted by atomic mass is 32.1. The van der Waals surface area contributed by atoms with Gasteiger partial charge in [-0.1, -0.05) is 41.7 Å². The molecule has 0 aliphatic heterocycles. The van der Waals surface area contributed by atoms with E-state index in [0.29, 0.717) is 6.54 Å². The third kappa shape index (κ3) is 3.97. The molecule has 1 unspecified atom stereocenters. The van der Waals surface area contributed by atoms with Crippen molar-refractivity contribution in [2.45, 2.75) is 25.8 Å². The van der Waals surface area contributed by atoms with Crippen LogP contribution in [0, 0.1) is 5.92 Å². The first kappa shape index (κ1) is 21.0. The number of fused-ring (bicyclic) bond motifs is 4. The fourth-order valence-corrected chi connectivity index (χ4v) is 6.56. The molecule has 6 rings (SSSR count). The second-order valence-electron chi connectivity index (χ2n) is 8.40. The van der Waals surface area contributed by atoms with Gasteiger partial charge in [0.05, 0.1) is 15.6 Å². The van der Waals surface area contributed by atoms with Crippen molar-refractivity contribution in [2.24, 2.45) is 5.92 Å². The van der Waals surface area contributed by atoms with Crippen LogP contribution in [0.2, 0.25) is 0 Å². The maximum Gasteiger partial charge on any atom is 0.305 e. The van der Waals surface area contributed by atoms with Crippen LogP contribution in [-0.4, -0.2) is 20.9 Å². The zero-order chi connectivity index (χ0) is 23.1. The van der Waals surface area contributed by atoms with Crippen molar-refractivity contribution in [3.8, 4) is 0 Å². The van der Waals surface area contributed by atoms with Crippen LogP contribution >= 0.6 is 22.7 Å². The predicted octanol–water partition coefficient (Wildman–Crippen LogP) is 4.76. The summed E-state index contributed by atoms with van der Waals surface area (Å²) in [4.78, 5) is 38.4. The number of amides is 1. The maximum absolute atomic E-state index is 12.8. The summed E-state index contributed by atoms with van der Waals surface area (Å²) in [5.74, 6) is 0.833. The highest BCUT2D eigenvalue weighted by Gasteiger charge is 2.29. The van der Waals surface area contributed by atoms with E-state index in [1.807, 2.05) is 48.5 Å². The van der Waals surface area contributed by atoms with E-state index < -0.39 is 0 Å². The average molecular weight is 488 g/mol. The Hall–Kier alpha value is -3.56. The number of carbonyl (C=O) groups is 1. The lowest BCUT2D eigenvalue weighted by molar-refractivity contribution is -0.125. The molecule has 0 saturated heterocycles. The number of rotatable bonds is 5. The monoisotopic (exact) mass is 487 g/mol. The number of aromatic amines is 1. The van der Waals surface area contributed by atoms with E-state index >= 15 is 0 Å². The highest BCUT2D eigenvalue weighted by molar-refractivity contribution is 7.19. The van der Waals surface area contributed by atoms with Crippen molar-refractivity contribution in [1.29, 1.82) is 0 Å². The van der Waals surface area contributed by atoms with E-state index in [1.54, 1.807) is 17.7 Å². The molecule has 1 aliphatic rings. The summed E-state index contributed by atoms with van der Waals surface area (Å²) in [6.45, 7) is 0.551. The van der Waals surface area contributed by atoms with E-state index in [-0.39, 0.29) is 16.7 Å². The molecule has 3 N–H and O–H groups in total. The van der Waals surface area contributed by atoms with E-state index in [9.17, 15) is 9.59 Å². The maximum atomic E-state index is 12.8. The SMILES string of the molecule is O=C(NCc1ccccc1)C1CCc2c(sc3ncnc(Nc4ccc5[nH]c(=O)sc5c4)c23)C1. The Kier molecular flexibility index (Phi) is 5.35. The highest BCUT2D eigenvalue weighted by Crippen LogP contribution is 2.40. The van der Waals surface area contributed by atoms with Crippen LogP contribution in [-0.2, 0) is 24.2 Å². The molecular formula is C25H21N5O2S2. The number of hydrogen-bond donors (Lipinski definition) is 3. The van der Waals surface area contributed by atoms with Gasteiger partial charge in [0.2, 0.25) is 5.91 Å². The Bertz CT molecular complexity index is 1570. The third-order valence-corrected chi connectivity index (χ3v) is 8.22. The van der Waals surface area contributed by atoms with E-state index in [0.717, 1.165) is 56.8 Å². The van der Waals surface area contributed by atoms with Crippen molar-refractivity contribution >= 4 is 60.5 Å². The minimum atomic E-state index is -0.0640. The van der Waals surface area contributed by atoms with Crippen LogP contribution in [0.15, 0.2) is 59.7 Å². The number of aryl methyl sites for hydroxylation is 1. The van der Waals surface area contributed by atoms with Crippen LogP contribution in [0.3, 0.4) is 0 Å². The molecule has 170 valence electrons. The summed E-state index contributed by atoms with van der Waals surface area (Å²) in [5, 5.41) is 7.55. The Labute approximate surface area is 202 Å². The number of benzene rings is 2. The van der Waals surface area contributed by atoms with Crippen LogP contribution in [0.25, 0.3) is 20.4 Å². The second-order valence-corrected chi connectivity index (χ2v) is 10.5. The molecule has 1 amide bonds. The van der Waals surface area contributed by atoms with Gasteiger partial charge in [-0.3, -0.25) is 9.59 Å². The molecule has 0 bridgehead atoms. The molecule has 7 nitrogen and oxygen atoms in total. The van der Waals surface area contributed by atoms with Gasteiger partial charge in [-0.15, -0.1) is 11.3 Å². The molecule has 5 aromatic rings. The fraction of sp³-hybridized carbons (Fsp3) is 0.200. The number of aromatic nitrogens is 3. The van der Waals surface area contributed by atoms with Crippen molar-refractivity contribution < 1.29 is 4.79 Å². The Morgan fingerprint density at radius 2 is 2.00 bits per heavy atom. The molecule has 34 heavy (non-hydrogen) atoms. The first-order chi connectivity index (χ1) is 16.6. The van der Waals surface area contributed by atoms with Crippen molar-refractivity contribution in [1.82, 2.24) is 20.3 Å². The number of hydrogen-bond acceptors (Lipinski definition) is 7. The number of H-pyrrole nitrogens is 1. The predicted molar refractivity (Wildman–Crippen MR) is 137 cm³/mol. The van der Waals surface area contributed by atoms with Gasteiger partial charge in [0, 0.05) is 23.0 Å². The number of nitrogens with zero attached hydrogens (tertiary/aromatic N) is 2. The molecule has 1 aliphatic carbocycles. The number of anilines is 2. The summed E-state index contributed by atoms with van der Waals surface area (Å²) < 4.78 is 0.900. The van der Waals surface area contributed by atoms with Gasteiger partial charge >= 0.3 is 4.87 Å². The van der Waals surface area contributed by atoms with Crippen molar-refractivity contribution in [2.75, 3.05) is 5.32 Å². The number of thiophene rings is 1. The molecular weight excluding hydrogens is 466 g/mol. The van der Waals surface area contributed by atoms with E-state index in [1.165, 1.54) is 21.8 Å². The number of nitrogens with one attached hydrogen (secondary N) is 3. The first-order valence-corrected chi connectivity index (χ1v) is 12.7. The van der Waals surface area contributed by atoms with Gasteiger partial charge in [-0.05, 0) is 48.6 Å². The first-order valence-electron chi connectivity index (χ1n) is 11.1. The third-order valence-electron chi connectivity index (χ3n) is 6.21. The summed E-state index contributed by atoms with van der Waals surface area (Å²) >= 11 is 2.84. The zero-order valence-corrected chi connectivity index (χ0v) is 19.8. The molecule has 0 radical (unpaired) electrons. The molecule has 0 fully saturated rings. The van der Waals surface area contributed by atoms with Crippen molar-refractivity contribution in [3.05, 3.63) is 80.5 Å². The summed E-state index contributed by atoms with van der Waals surface area (Å²) in [6.07, 6.45) is 3.92. The Morgan fingerprint density at radius 3 is 2.88 bits per heavy atom. The van der Waals surface area contributed by atoms with Crippen molar-refractivity contribution in [3.63, 3.8) is 0 Å². The fourth-order valence-electron chi connectivity index (χ4n) is 4.52. The van der Waals surface area contributed by atoms with Gasteiger partial charge in [-0.2, -0.15) is 0 Å². The molecule has 0 spiro atoms. The lowest BCUT2D eigenvalue weighted by Crippen LogP contribution is -2.33. The molecule has 2 aromatic carbocycles. The minimum absolute atomic E-state index is 0.0348. The normalized spacial score (nSPS) is 15.4. The zero-order valence-electron chi connectivity index (χ0n) is 18.1. The molecule has 3 aromatic heterocycles. The van der Waals surface area contributed by atoms with E-state index in [4.69, 9.17) is 0 Å². The summed E-state index contributed by atoms with van der Waals surface area (Å²) in [7, 11) is 0. The average Bonchev–Trinajstić information content (AvgIpc) is 3.42. The van der Waals surface area contributed by atoms with Gasteiger partial charge in [-0.25, -0.2) is 9.97 Å². The van der Waals surface area contributed by atoms with Gasteiger partial charge in [0.15, 0.2) is 0 Å². The molecule has 1 atom stereocenters. The van der Waals surface area contributed by atoms with Crippen LogP contribution in [0.4, 0.5) is 11.5 Å². The van der Waals surface area contributed by atoms with Gasteiger partial charge in [0.25, 0.3) is 0 Å². The topological polar surface area (TPSA) is 99.8 Å². The van der Waals surface area contributed by atoms with Crippen LogP contribution in [0.5, 0.6) is 0 Å². The number of thiazole rings is 1. The Balaban J connectivity index is 1.24. The lowest BCUT2D eigenvalue weighted by atomic mass is 9.87. The minimum Gasteiger partial charge on any atom is -0.352 e. The summed E-state index contributed by atoms with van der Waals surface area (Å²) in [6, 6.07) is 15.8. The Morgan fingerprint density at radius 1 is 1.12 bits per heavy atom.